The first-order chi connectivity index (χ1) is 10.2. The van der Waals surface area contributed by atoms with Crippen LogP contribution in [0.4, 0.5) is 0 Å². The number of carbonyl (C=O) groups is 1. The van der Waals surface area contributed by atoms with Crippen LogP contribution in [0.15, 0.2) is 18.2 Å². The highest BCUT2D eigenvalue weighted by Crippen LogP contribution is 2.32. The Morgan fingerprint density at radius 1 is 1.19 bits per heavy atom. The third kappa shape index (κ3) is 3.31. The van der Waals surface area contributed by atoms with Crippen LogP contribution in [0.1, 0.15) is 44.1 Å². The molecule has 3 rings (SSSR count). The summed E-state index contributed by atoms with van der Waals surface area (Å²) >= 11 is 0. The van der Waals surface area contributed by atoms with Crippen molar-refractivity contribution in [2.75, 3.05) is 13.8 Å². The molecule has 114 valence electrons. The van der Waals surface area contributed by atoms with Gasteiger partial charge >= 0.3 is 0 Å². The molecule has 0 atom stereocenters. The summed E-state index contributed by atoms with van der Waals surface area (Å²) < 4.78 is 10.7. The number of hydrogen-bond donors (Lipinski definition) is 0. The van der Waals surface area contributed by atoms with Gasteiger partial charge in [0.1, 0.15) is 0 Å². The number of carbonyl (C=O) groups excluding carboxylic acids is 1. The summed E-state index contributed by atoms with van der Waals surface area (Å²) in [6.45, 7) is 0.294. The molecule has 0 bridgehead atoms. The minimum Gasteiger partial charge on any atom is -0.454 e. The maximum absolute atomic E-state index is 12.3. The van der Waals surface area contributed by atoms with Gasteiger partial charge in [0.25, 0.3) is 0 Å². The highest BCUT2D eigenvalue weighted by atomic mass is 16.7. The molecule has 21 heavy (non-hydrogen) atoms. The first-order valence-corrected chi connectivity index (χ1v) is 7.88. The van der Waals surface area contributed by atoms with E-state index in [-0.39, 0.29) is 5.91 Å². The molecule has 0 aromatic heterocycles. The summed E-state index contributed by atoms with van der Waals surface area (Å²) in [6.07, 6.45) is 7.46. The SMILES string of the molecule is CN(C(=O)CCc1ccc2c(c1)OCO2)C1CCCCC1. The Morgan fingerprint density at radius 3 is 2.76 bits per heavy atom. The molecule has 1 aromatic rings. The Bertz CT molecular complexity index is 509. The van der Waals surface area contributed by atoms with Crippen molar-refractivity contribution in [2.24, 2.45) is 0 Å². The molecule has 1 aliphatic carbocycles. The van der Waals surface area contributed by atoms with Gasteiger partial charge in [-0.3, -0.25) is 4.79 Å². The zero-order chi connectivity index (χ0) is 14.7. The van der Waals surface area contributed by atoms with Crippen molar-refractivity contribution >= 4 is 5.91 Å². The van der Waals surface area contributed by atoms with E-state index in [0.717, 1.165) is 36.3 Å². The highest BCUT2D eigenvalue weighted by Gasteiger charge is 2.22. The third-order valence-electron chi connectivity index (χ3n) is 4.58. The first-order valence-electron chi connectivity index (χ1n) is 7.88. The zero-order valence-corrected chi connectivity index (χ0v) is 12.6. The first kappa shape index (κ1) is 14.2. The third-order valence-corrected chi connectivity index (χ3v) is 4.58. The van der Waals surface area contributed by atoms with Crippen LogP contribution in [-0.4, -0.2) is 30.7 Å². The van der Waals surface area contributed by atoms with Crippen LogP contribution in [0.25, 0.3) is 0 Å². The number of hydrogen-bond acceptors (Lipinski definition) is 3. The van der Waals surface area contributed by atoms with Gasteiger partial charge in [-0.05, 0) is 37.0 Å². The van der Waals surface area contributed by atoms with Gasteiger partial charge in [-0.2, -0.15) is 0 Å². The van der Waals surface area contributed by atoms with E-state index in [1.807, 2.05) is 30.1 Å². The monoisotopic (exact) mass is 289 g/mol. The van der Waals surface area contributed by atoms with Crippen LogP contribution in [-0.2, 0) is 11.2 Å². The number of amides is 1. The zero-order valence-electron chi connectivity index (χ0n) is 12.6. The molecule has 1 aromatic carbocycles. The van der Waals surface area contributed by atoms with Gasteiger partial charge in [0.2, 0.25) is 12.7 Å². The molecule has 1 saturated carbocycles. The number of nitrogens with zero attached hydrogens (tertiary/aromatic N) is 1. The molecule has 0 unspecified atom stereocenters. The summed E-state index contributed by atoms with van der Waals surface area (Å²) in [5, 5.41) is 0. The van der Waals surface area contributed by atoms with Gasteiger partial charge in [0.15, 0.2) is 11.5 Å². The molecule has 4 heteroatoms. The maximum atomic E-state index is 12.3. The minimum absolute atomic E-state index is 0.250. The van der Waals surface area contributed by atoms with Gasteiger partial charge in [-0.15, -0.1) is 0 Å². The highest BCUT2D eigenvalue weighted by molar-refractivity contribution is 5.76. The lowest BCUT2D eigenvalue weighted by Crippen LogP contribution is -2.38. The molecule has 2 aliphatic rings. The predicted octanol–water partition coefficient (Wildman–Crippen LogP) is 3.14. The molecule has 0 spiro atoms. The molecular weight excluding hydrogens is 266 g/mol. The number of ether oxygens (including phenoxy) is 2. The molecule has 1 fully saturated rings. The van der Waals surface area contributed by atoms with Gasteiger partial charge in [-0.1, -0.05) is 25.3 Å². The van der Waals surface area contributed by atoms with Crippen molar-refractivity contribution < 1.29 is 14.3 Å². The fourth-order valence-electron chi connectivity index (χ4n) is 3.20. The molecule has 0 saturated heterocycles. The van der Waals surface area contributed by atoms with Crippen molar-refractivity contribution in [2.45, 2.75) is 51.0 Å². The van der Waals surface area contributed by atoms with Crippen molar-refractivity contribution in [3.05, 3.63) is 23.8 Å². The number of aryl methyl sites for hydroxylation is 1. The second kappa shape index (κ2) is 6.37. The van der Waals surface area contributed by atoms with E-state index in [4.69, 9.17) is 9.47 Å². The van der Waals surface area contributed by atoms with Crippen molar-refractivity contribution in [1.82, 2.24) is 4.90 Å². The van der Waals surface area contributed by atoms with E-state index in [0.29, 0.717) is 19.3 Å². The largest absolute Gasteiger partial charge is 0.454 e. The Labute approximate surface area is 126 Å². The molecule has 1 amide bonds. The van der Waals surface area contributed by atoms with E-state index < -0.39 is 0 Å². The van der Waals surface area contributed by atoms with Crippen LogP contribution < -0.4 is 9.47 Å². The van der Waals surface area contributed by atoms with Crippen LogP contribution in [0.2, 0.25) is 0 Å². The van der Waals surface area contributed by atoms with Crippen molar-refractivity contribution in [3.63, 3.8) is 0 Å². The molecule has 1 aliphatic heterocycles. The standard InChI is InChI=1S/C17H23NO3/c1-18(14-5-3-2-4-6-14)17(19)10-8-13-7-9-15-16(11-13)21-12-20-15/h7,9,11,14H,2-6,8,10,12H2,1H3. The van der Waals surface area contributed by atoms with Gasteiger partial charge in [-0.25, -0.2) is 0 Å². The van der Waals surface area contributed by atoms with Gasteiger partial charge in [0.05, 0.1) is 0 Å². The summed E-state index contributed by atoms with van der Waals surface area (Å²) in [5.41, 5.74) is 1.13. The molecular formula is C17H23NO3. The quantitative estimate of drug-likeness (QED) is 0.854. The van der Waals surface area contributed by atoms with Gasteiger partial charge in [0, 0.05) is 19.5 Å². The number of fused-ring (bicyclic) bond motifs is 1. The fourth-order valence-corrected chi connectivity index (χ4v) is 3.20. The normalized spacial score (nSPS) is 17.8. The van der Waals surface area contributed by atoms with E-state index in [2.05, 4.69) is 0 Å². The number of benzene rings is 1. The summed E-state index contributed by atoms with van der Waals surface area (Å²) in [6, 6.07) is 6.37. The maximum Gasteiger partial charge on any atom is 0.231 e. The summed E-state index contributed by atoms with van der Waals surface area (Å²) in [4.78, 5) is 14.3. The Hall–Kier alpha value is -1.71. The molecule has 0 radical (unpaired) electrons. The lowest BCUT2D eigenvalue weighted by atomic mass is 9.94. The molecule has 1 heterocycles. The smallest absolute Gasteiger partial charge is 0.231 e. The van der Waals surface area contributed by atoms with Crippen LogP contribution in [0.5, 0.6) is 11.5 Å². The second-order valence-corrected chi connectivity index (χ2v) is 5.98. The lowest BCUT2D eigenvalue weighted by molar-refractivity contribution is -0.132. The van der Waals surface area contributed by atoms with E-state index in [1.165, 1.54) is 19.3 Å². The molecule has 0 N–H and O–H groups in total. The number of rotatable bonds is 4. The van der Waals surface area contributed by atoms with E-state index in [9.17, 15) is 4.79 Å². The fraction of sp³-hybridized carbons (Fsp3) is 0.588. The second-order valence-electron chi connectivity index (χ2n) is 5.98. The summed E-state index contributed by atoms with van der Waals surface area (Å²) in [5.74, 6) is 1.84. The summed E-state index contributed by atoms with van der Waals surface area (Å²) in [7, 11) is 1.96. The average molecular weight is 289 g/mol. The van der Waals surface area contributed by atoms with Gasteiger partial charge < -0.3 is 14.4 Å². The van der Waals surface area contributed by atoms with E-state index >= 15 is 0 Å². The van der Waals surface area contributed by atoms with Crippen molar-refractivity contribution in [3.8, 4) is 11.5 Å². The molecule has 4 nitrogen and oxygen atoms in total. The van der Waals surface area contributed by atoms with Crippen LogP contribution in [0.3, 0.4) is 0 Å². The Balaban J connectivity index is 1.53. The van der Waals surface area contributed by atoms with Crippen LogP contribution >= 0.6 is 0 Å². The Morgan fingerprint density at radius 2 is 1.95 bits per heavy atom. The predicted molar refractivity (Wildman–Crippen MR) is 80.5 cm³/mol. The minimum atomic E-state index is 0.250. The Kier molecular flexibility index (Phi) is 4.32. The van der Waals surface area contributed by atoms with Crippen LogP contribution in [0, 0.1) is 0 Å². The topological polar surface area (TPSA) is 38.8 Å². The van der Waals surface area contributed by atoms with E-state index in [1.54, 1.807) is 0 Å². The van der Waals surface area contributed by atoms with Crippen molar-refractivity contribution in [1.29, 1.82) is 0 Å². The average Bonchev–Trinajstić information content (AvgIpc) is 3.00. The lowest BCUT2D eigenvalue weighted by Gasteiger charge is -2.31.